The summed E-state index contributed by atoms with van der Waals surface area (Å²) in [5.41, 5.74) is 1.10. The molecule has 1 aliphatic heterocycles. The van der Waals surface area contributed by atoms with Gasteiger partial charge in [0.15, 0.2) is 0 Å². The number of hydrogen-bond donors (Lipinski definition) is 0. The maximum Gasteiger partial charge on any atom is 0.227 e. The number of amides is 1. The molecule has 1 fully saturated rings. The van der Waals surface area contributed by atoms with Crippen LogP contribution in [0.1, 0.15) is 18.4 Å². The number of nitrogens with zero attached hydrogens (tertiary/aromatic N) is 2. The predicted molar refractivity (Wildman–Crippen MR) is 102 cm³/mol. The maximum atomic E-state index is 12.8. The van der Waals surface area contributed by atoms with Crippen molar-refractivity contribution in [2.24, 2.45) is 0 Å². The molecule has 2 aromatic carbocycles. The number of carbonyl (C=O) groups is 1. The van der Waals surface area contributed by atoms with Crippen molar-refractivity contribution in [3.05, 3.63) is 72.6 Å². The van der Waals surface area contributed by atoms with Crippen LogP contribution in [0.15, 0.2) is 67.0 Å². The standard InChI is InChI=1S/C22H22N2O2/c25-22(15-18-7-3-6-17-5-1-2-9-21(17)18)24-13-10-19(11-14-24)26-20-8-4-12-23-16-20/h1-9,12,16,19H,10-11,13-15H2. The van der Waals surface area contributed by atoms with Crippen LogP contribution in [0.4, 0.5) is 0 Å². The third-order valence-corrected chi connectivity index (χ3v) is 4.95. The Morgan fingerprint density at radius 1 is 1.04 bits per heavy atom. The van der Waals surface area contributed by atoms with Crippen molar-refractivity contribution in [3.63, 3.8) is 0 Å². The second kappa shape index (κ2) is 7.56. The van der Waals surface area contributed by atoms with Crippen molar-refractivity contribution in [1.29, 1.82) is 0 Å². The fourth-order valence-corrected chi connectivity index (χ4v) is 3.55. The van der Waals surface area contributed by atoms with Crippen LogP contribution >= 0.6 is 0 Å². The Morgan fingerprint density at radius 2 is 1.85 bits per heavy atom. The van der Waals surface area contributed by atoms with E-state index in [1.165, 1.54) is 5.39 Å². The molecule has 1 amide bonds. The first kappa shape index (κ1) is 16.6. The van der Waals surface area contributed by atoms with Gasteiger partial charge in [-0.1, -0.05) is 42.5 Å². The molecule has 0 atom stereocenters. The lowest BCUT2D eigenvalue weighted by molar-refractivity contribution is -0.132. The van der Waals surface area contributed by atoms with E-state index in [2.05, 4.69) is 29.2 Å². The first-order valence-electron chi connectivity index (χ1n) is 9.11. The van der Waals surface area contributed by atoms with E-state index in [4.69, 9.17) is 4.74 Å². The van der Waals surface area contributed by atoms with Gasteiger partial charge in [-0.3, -0.25) is 9.78 Å². The molecule has 1 saturated heterocycles. The molecule has 0 spiro atoms. The number of carbonyl (C=O) groups excluding carboxylic acids is 1. The largest absolute Gasteiger partial charge is 0.489 e. The summed E-state index contributed by atoms with van der Waals surface area (Å²) in [6.07, 6.45) is 5.79. The van der Waals surface area contributed by atoms with E-state index >= 15 is 0 Å². The lowest BCUT2D eigenvalue weighted by Gasteiger charge is -2.32. The molecule has 1 aliphatic rings. The fourth-order valence-electron chi connectivity index (χ4n) is 3.55. The topological polar surface area (TPSA) is 42.4 Å². The monoisotopic (exact) mass is 346 g/mol. The summed E-state index contributed by atoms with van der Waals surface area (Å²) in [6, 6.07) is 18.2. The van der Waals surface area contributed by atoms with E-state index in [1.807, 2.05) is 35.2 Å². The van der Waals surface area contributed by atoms with E-state index < -0.39 is 0 Å². The molecule has 3 aromatic rings. The highest BCUT2D eigenvalue weighted by molar-refractivity contribution is 5.90. The highest BCUT2D eigenvalue weighted by Gasteiger charge is 2.24. The summed E-state index contributed by atoms with van der Waals surface area (Å²) in [4.78, 5) is 18.8. The normalized spacial score (nSPS) is 15.2. The summed E-state index contributed by atoms with van der Waals surface area (Å²) in [5.74, 6) is 0.995. The molecule has 26 heavy (non-hydrogen) atoms. The molecule has 0 bridgehead atoms. The lowest BCUT2D eigenvalue weighted by Crippen LogP contribution is -2.42. The number of piperidine rings is 1. The number of benzene rings is 2. The molecule has 1 aromatic heterocycles. The van der Waals surface area contributed by atoms with Crippen LogP contribution in [-0.2, 0) is 11.2 Å². The van der Waals surface area contributed by atoms with Crippen LogP contribution in [-0.4, -0.2) is 35.0 Å². The minimum Gasteiger partial charge on any atom is -0.489 e. The summed E-state index contributed by atoms with van der Waals surface area (Å²) in [7, 11) is 0. The summed E-state index contributed by atoms with van der Waals surface area (Å²) in [5, 5.41) is 2.35. The van der Waals surface area contributed by atoms with Crippen LogP contribution in [0.5, 0.6) is 5.75 Å². The van der Waals surface area contributed by atoms with Crippen LogP contribution in [0.3, 0.4) is 0 Å². The minimum absolute atomic E-state index is 0.154. The van der Waals surface area contributed by atoms with Gasteiger partial charge >= 0.3 is 0 Å². The quantitative estimate of drug-likeness (QED) is 0.721. The molecule has 4 nitrogen and oxygen atoms in total. The van der Waals surface area contributed by atoms with Crippen molar-refractivity contribution in [3.8, 4) is 5.75 Å². The fraction of sp³-hybridized carbons (Fsp3) is 0.273. The minimum atomic E-state index is 0.154. The molecule has 4 heteroatoms. The smallest absolute Gasteiger partial charge is 0.227 e. The van der Waals surface area contributed by atoms with E-state index in [0.717, 1.165) is 42.6 Å². The number of rotatable bonds is 4. The molecule has 0 radical (unpaired) electrons. The average molecular weight is 346 g/mol. The van der Waals surface area contributed by atoms with Gasteiger partial charge in [0.05, 0.1) is 12.6 Å². The van der Waals surface area contributed by atoms with Gasteiger partial charge in [-0.2, -0.15) is 0 Å². The van der Waals surface area contributed by atoms with E-state index in [0.29, 0.717) is 6.42 Å². The number of ether oxygens (including phenoxy) is 1. The number of hydrogen-bond acceptors (Lipinski definition) is 3. The van der Waals surface area contributed by atoms with Gasteiger partial charge in [-0.05, 0) is 28.5 Å². The van der Waals surface area contributed by atoms with Gasteiger partial charge in [0.1, 0.15) is 11.9 Å². The Kier molecular flexibility index (Phi) is 4.82. The summed E-state index contributed by atoms with van der Waals surface area (Å²) in [6.45, 7) is 1.49. The molecule has 0 saturated carbocycles. The van der Waals surface area contributed by atoms with Gasteiger partial charge < -0.3 is 9.64 Å². The van der Waals surface area contributed by atoms with Gasteiger partial charge in [0, 0.05) is 32.1 Å². The van der Waals surface area contributed by atoms with Gasteiger partial charge in [-0.25, -0.2) is 0 Å². The van der Waals surface area contributed by atoms with E-state index in [-0.39, 0.29) is 12.0 Å². The van der Waals surface area contributed by atoms with Crippen LogP contribution in [0.2, 0.25) is 0 Å². The Labute approximate surface area is 153 Å². The Bertz CT molecular complexity index is 882. The maximum absolute atomic E-state index is 12.8. The van der Waals surface area contributed by atoms with Crippen molar-refractivity contribution < 1.29 is 9.53 Å². The molecule has 0 unspecified atom stereocenters. The molecular weight excluding hydrogens is 324 g/mol. The van der Waals surface area contributed by atoms with Crippen molar-refractivity contribution in [2.75, 3.05) is 13.1 Å². The van der Waals surface area contributed by atoms with Crippen LogP contribution in [0, 0.1) is 0 Å². The zero-order chi connectivity index (χ0) is 17.8. The van der Waals surface area contributed by atoms with Crippen molar-refractivity contribution in [2.45, 2.75) is 25.4 Å². The highest BCUT2D eigenvalue weighted by atomic mass is 16.5. The molecule has 132 valence electrons. The summed E-state index contributed by atoms with van der Waals surface area (Å²) < 4.78 is 5.96. The highest BCUT2D eigenvalue weighted by Crippen LogP contribution is 2.22. The van der Waals surface area contributed by atoms with E-state index in [9.17, 15) is 4.79 Å². The Balaban J connectivity index is 1.36. The first-order chi connectivity index (χ1) is 12.8. The van der Waals surface area contributed by atoms with Gasteiger partial charge in [0.2, 0.25) is 5.91 Å². The number of aromatic nitrogens is 1. The van der Waals surface area contributed by atoms with Crippen LogP contribution < -0.4 is 4.74 Å². The second-order valence-corrected chi connectivity index (χ2v) is 6.70. The molecular formula is C22H22N2O2. The molecule has 2 heterocycles. The van der Waals surface area contributed by atoms with Crippen molar-refractivity contribution in [1.82, 2.24) is 9.88 Å². The predicted octanol–water partition coefficient (Wildman–Crippen LogP) is 3.85. The Hall–Kier alpha value is -2.88. The Morgan fingerprint density at radius 3 is 2.65 bits per heavy atom. The third kappa shape index (κ3) is 3.69. The van der Waals surface area contributed by atoms with Gasteiger partial charge in [-0.15, -0.1) is 0 Å². The van der Waals surface area contributed by atoms with Crippen molar-refractivity contribution >= 4 is 16.7 Å². The second-order valence-electron chi connectivity index (χ2n) is 6.70. The third-order valence-electron chi connectivity index (χ3n) is 4.95. The number of fused-ring (bicyclic) bond motifs is 1. The number of pyridine rings is 1. The average Bonchev–Trinajstić information content (AvgIpc) is 2.70. The SMILES string of the molecule is O=C(Cc1cccc2ccccc12)N1CCC(Oc2cccnc2)CC1. The van der Waals surface area contributed by atoms with Crippen LogP contribution in [0.25, 0.3) is 10.8 Å². The van der Waals surface area contributed by atoms with E-state index in [1.54, 1.807) is 12.4 Å². The molecule has 0 aliphatic carbocycles. The molecule has 4 rings (SSSR count). The number of likely N-dealkylation sites (tertiary alicyclic amines) is 1. The molecule has 0 N–H and O–H groups in total. The zero-order valence-corrected chi connectivity index (χ0v) is 14.7. The first-order valence-corrected chi connectivity index (χ1v) is 9.11. The van der Waals surface area contributed by atoms with Gasteiger partial charge in [0.25, 0.3) is 0 Å². The zero-order valence-electron chi connectivity index (χ0n) is 14.7. The lowest BCUT2D eigenvalue weighted by atomic mass is 10.0. The summed E-state index contributed by atoms with van der Waals surface area (Å²) >= 11 is 0.